The van der Waals surface area contributed by atoms with Gasteiger partial charge in [-0.1, -0.05) is 315 Å². The molecule has 0 saturated heterocycles. The van der Waals surface area contributed by atoms with Gasteiger partial charge in [-0.25, -0.2) is 0 Å². The van der Waals surface area contributed by atoms with Gasteiger partial charge in [-0.3, -0.25) is 0 Å². The molecule has 17 aromatic rings. The predicted molar refractivity (Wildman–Crippen MR) is 375 cm³/mol. The van der Waals surface area contributed by atoms with Crippen molar-refractivity contribution >= 4 is 64.6 Å². The van der Waals surface area contributed by atoms with Gasteiger partial charge < -0.3 is 0 Å². The summed E-state index contributed by atoms with van der Waals surface area (Å²) in [7, 11) is 0. The molecule has 0 N–H and O–H groups in total. The molecule has 0 heterocycles. The maximum Gasteiger partial charge on any atom is -0.000717 e. The van der Waals surface area contributed by atoms with Crippen LogP contribution in [0.2, 0.25) is 0 Å². The van der Waals surface area contributed by atoms with E-state index >= 15 is 0 Å². The van der Waals surface area contributed by atoms with Gasteiger partial charge >= 0.3 is 0 Å². The lowest BCUT2D eigenvalue weighted by Crippen LogP contribution is -1.97. The minimum Gasteiger partial charge on any atom is -0.0622 e. The Morgan fingerprint density at radius 3 is 0.466 bits per heavy atom. The molecule has 0 aliphatic heterocycles. The number of hydrogen-bond donors (Lipinski definition) is 0. The summed E-state index contributed by atoms with van der Waals surface area (Å²) in [5, 5.41) is 15.5. The zero-order chi connectivity index (χ0) is 57.6. The van der Waals surface area contributed by atoms with E-state index in [4.69, 9.17) is 0 Å². The van der Waals surface area contributed by atoms with E-state index in [1.165, 1.54) is 198 Å². The highest BCUT2D eigenvalue weighted by Crippen LogP contribution is 2.65. The van der Waals surface area contributed by atoms with Gasteiger partial charge in [0.05, 0.1) is 0 Å². The fourth-order valence-corrected chi connectivity index (χ4v) is 16.1. The van der Waals surface area contributed by atoms with Crippen LogP contribution in [0, 0.1) is 0 Å². The molecule has 0 spiro atoms. The van der Waals surface area contributed by atoms with Gasteiger partial charge in [0, 0.05) is 0 Å². The summed E-state index contributed by atoms with van der Waals surface area (Å²) in [5.41, 5.74) is 30.0. The summed E-state index contributed by atoms with van der Waals surface area (Å²) in [6.45, 7) is 0. The van der Waals surface area contributed by atoms with Crippen molar-refractivity contribution in [1.29, 1.82) is 0 Å². The molecule has 0 unspecified atom stereocenters. The third-order valence-electron chi connectivity index (χ3n) is 19.5. The first-order chi connectivity index (χ1) is 43.8. The molecule has 17 aromatic carbocycles. The molecule has 0 fully saturated rings. The molecule has 19 rings (SSSR count). The molecule has 2 aliphatic carbocycles. The van der Waals surface area contributed by atoms with Gasteiger partial charge in [-0.05, 0) is 198 Å². The molecule has 0 nitrogen and oxygen atoms in total. The molecule has 0 amide bonds. The number of hydrogen-bond acceptors (Lipinski definition) is 0. The molecule has 0 aromatic heterocycles. The van der Waals surface area contributed by atoms with Crippen LogP contribution >= 0.6 is 0 Å². The van der Waals surface area contributed by atoms with Gasteiger partial charge in [0.1, 0.15) is 0 Å². The SMILES string of the molecule is c1ccc(-c2ccc(-c3ccccc3)c3c(-c4ccccc4)c4c(c(-c5ccccc5)c23)-c2ccc3c5ccc6c7c(ccc(c8ccc-4c2c38)c75)-c2c-6c(-c3ccccc3)c3c(-c4ccccc4)ccc(-c4ccccc4)c3c2-c2ccccc2)cc1. The Kier molecular flexibility index (Phi) is 10.6. The zero-order valence-electron chi connectivity index (χ0n) is 48.0. The zero-order valence-corrected chi connectivity index (χ0v) is 48.0. The first-order valence-electron chi connectivity index (χ1n) is 30.7. The molecule has 0 atom stereocenters. The molecule has 0 bridgehead atoms. The van der Waals surface area contributed by atoms with Crippen molar-refractivity contribution in [2.24, 2.45) is 0 Å². The predicted octanol–water partition coefficient (Wildman–Crippen LogP) is 24.7. The molecule has 2 aliphatic rings. The van der Waals surface area contributed by atoms with Crippen molar-refractivity contribution in [2.45, 2.75) is 0 Å². The maximum atomic E-state index is 2.49. The highest BCUT2D eigenvalue weighted by atomic mass is 14.4. The van der Waals surface area contributed by atoms with E-state index in [-0.39, 0.29) is 0 Å². The summed E-state index contributed by atoms with van der Waals surface area (Å²) in [5.74, 6) is 0. The molecule has 0 heteroatoms. The average molecular weight is 1110 g/mol. The Morgan fingerprint density at radius 1 is 0.102 bits per heavy atom. The second kappa shape index (κ2) is 19.0. The normalized spacial score (nSPS) is 12.1. The number of rotatable bonds is 8. The molecular formula is C88H52. The van der Waals surface area contributed by atoms with Gasteiger partial charge in [-0.15, -0.1) is 0 Å². The molecule has 404 valence electrons. The molecule has 0 radical (unpaired) electrons. The largest absolute Gasteiger partial charge is 0.0622 e. The van der Waals surface area contributed by atoms with Crippen LogP contribution in [-0.2, 0) is 0 Å². The number of benzene rings is 17. The Hall–Kier alpha value is -11.4. The van der Waals surface area contributed by atoms with Crippen LogP contribution < -0.4 is 0 Å². The lowest BCUT2D eigenvalue weighted by atomic mass is 9.78. The molecule has 0 saturated carbocycles. The van der Waals surface area contributed by atoms with Crippen molar-refractivity contribution in [3.8, 4) is 134 Å². The fourth-order valence-electron chi connectivity index (χ4n) is 16.1. The maximum absolute atomic E-state index is 2.49. The van der Waals surface area contributed by atoms with E-state index in [2.05, 4.69) is 315 Å². The van der Waals surface area contributed by atoms with Gasteiger partial charge in [0.2, 0.25) is 0 Å². The van der Waals surface area contributed by atoms with E-state index in [0.29, 0.717) is 0 Å². The van der Waals surface area contributed by atoms with Crippen LogP contribution in [0.5, 0.6) is 0 Å². The highest BCUT2D eigenvalue weighted by molar-refractivity contribution is 6.43. The average Bonchev–Trinajstić information content (AvgIpc) is 1.50. The molecule has 88 heavy (non-hydrogen) atoms. The third-order valence-corrected chi connectivity index (χ3v) is 19.5. The summed E-state index contributed by atoms with van der Waals surface area (Å²) >= 11 is 0. The lowest BCUT2D eigenvalue weighted by molar-refractivity contribution is 1.59. The fraction of sp³-hybridized carbons (Fsp3) is 0. The second-order valence-corrected chi connectivity index (χ2v) is 23.9. The van der Waals surface area contributed by atoms with Crippen LogP contribution in [-0.4, -0.2) is 0 Å². The minimum absolute atomic E-state index is 1.20. The summed E-state index contributed by atoms with van der Waals surface area (Å²) in [4.78, 5) is 0. The van der Waals surface area contributed by atoms with E-state index in [1.54, 1.807) is 0 Å². The van der Waals surface area contributed by atoms with E-state index in [1.807, 2.05) is 0 Å². The lowest BCUT2D eigenvalue weighted by Gasteiger charge is -2.25. The Labute approximate surface area is 510 Å². The van der Waals surface area contributed by atoms with E-state index in [0.717, 1.165) is 0 Å². The monoisotopic (exact) mass is 1110 g/mol. The van der Waals surface area contributed by atoms with Crippen molar-refractivity contribution in [3.63, 3.8) is 0 Å². The van der Waals surface area contributed by atoms with Gasteiger partial charge in [0.25, 0.3) is 0 Å². The minimum atomic E-state index is 1.20. The van der Waals surface area contributed by atoms with E-state index in [9.17, 15) is 0 Å². The van der Waals surface area contributed by atoms with Gasteiger partial charge in [0.15, 0.2) is 0 Å². The topological polar surface area (TPSA) is 0 Å². The van der Waals surface area contributed by atoms with Crippen molar-refractivity contribution < 1.29 is 0 Å². The Bertz CT molecular complexity index is 4990. The summed E-state index contributed by atoms with van der Waals surface area (Å²) in [6, 6.07) is 119. The highest BCUT2D eigenvalue weighted by Gasteiger charge is 2.37. The third kappa shape index (κ3) is 6.86. The Morgan fingerprint density at radius 2 is 0.273 bits per heavy atom. The standard InChI is InChI=1S/C88H52/c1-9-25-53(26-10-1)61-41-42-62(54-27-11-2-12-28-54)82-74(58-35-19-6-20-36-58)86-70-50-46-66-68-48-52-72-80-71(51-47-67(78(68)80)65-45-49-69(79(70)77(65)66)85(86)73(81(61)82)57-33-17-5-18-34-57)87-75(59-37-21-7-22-38-59)83-63(55-29-13-3-14-30-55)43-44-64(56-31-15-4-16-32-56)84(83)76(88(72)87)60-39-23-8-24-40-60/h1-52H. The van der Waals surface area contributed by atoms with Crippen LogP contribution in [0.4, 0.5) is 0 Å². The van der Waals surface area contributed by atoms with Gasteiger partial charge in [-0.2, -0.15) is 0 Å². The van der Waals surface area contributed by atoms with Crippen molar-refractivity contribution in [1.82, 2.24) is 0 Å². The van der Waals surface area contributed by atoms with Crippen molar-refractivity contribution in [2.75, 3.05) is 0 Å². The number of fused-ring (bicyclic) bond motifs is 10. The van der Waals surface area contributed by atoms with Crippen LogP contribution in [0.15, 0.2) is 315 Å². The second-order valence-electron chi connectivity index (χ2n) is 23.9. The van der Waals surface area contributed by atoms with E-state index < -0.39 is 0 Å². The molecular weight excluding hydrogens is 1060 g/mol. The first kappa shape index (κ1) is 48.9. The van der Waals surface area contributed by atoms with Crippen molar-refractivity contribution in [3.05, 3.63) is 315 Å². The Balaban J connectivity index is 0.963. The van der Waals surface area contributed by atoms with Crippen LogP contribution in [0.3, 0.4) is 0 Å². The summed E-state index contributed by atoms with van der Waals surface area (Å²) in [6.07, 6.45) is 0. The summed E-state index contributed by atoms with van der Waals surface area (Å²) < 4.78 is 0. The smallest absolute Gasteiger partial charge is 0.000717 e. The first-order valence-corrected chi connectivity index (χ1v) is 30.7. The van der Waals surface area contributed by atoms with Crippen LogP contribution in [0.25, 0.3) is 198 Å². The quantitative estimate of drug-likeness (QED) is 0.105. The van der Waals surface area contributed by atoms with Crippen LogP contribution in [0.1, 0.15) is 0 Å².